The second kappa shape index (κ2) is 4.27. The van der Waals surface area contributed by atoms with Crippen LogP contribution in [0.25, 0.3) is 0 Å². The van der Waals surface area contributed by atoms with Crippen molar-refractivity contribution in [2.24, 2.45) is 0 Å². The summed E-state index contributed by atoms with van der Waals surface area (Å²) in [6.07, 6.45) is 3.95. The number of hydrogen-bond acceptors (Lipinski definition) is 4. The van der Waals surface area contributed by atoms with Gasteiger partial charge in [0, 0.05) is 38.2 Å². The second-order valence-corrected chi connectivity index (χ2v) is 5.10. The summed E-state index contributed by atoms with van der Waals surface area (Å²) in [4.78, 5) is 6.49. The summed E-state index contributed by atoms with van der Waals surface area (Å²) in [6, 6.07) is 5.77. The fourth-order valence-corrected chi connectivity index (χ4v) is 2.83. The third-order valence-corrected chi connectivity index (χ3v) is 3.49. The van der Waals surface area contributed by atoms with Crippen molar-refractivity contribution in [1.82, 2.24) is 9.88 Å². The van der Waals surface area contributed by atoms with Crippen LogP contribution in [0.5, 0.6) is 5.88 Å². The minimum atomic E-state index is 0.0481. The van der Waals surface area contributed by atoms with Gasteiger partial charge in [0.05, 0.1) is 12.2 Å². The normalized spacial score (nSPS) is 27.7. The molecule has 1 atom stereocenters. The molecular formula is C13H18N2O2. The molecule has 4 heteroatoms. The van der Waals surface area contributed by atoms with Gasteiger partial charge in [-0.3, -0.25) is 0 Å². The van der Waals surface area contributed by atoms with Crippen molar-refractivity contribution in [3.8, 4) is 5.88 Å². The number of ether oxygens (including phenoxy) is 2. The van der Waals surface area contributed by atoms with Gasteiger partial charge in [-0.05, 0) is 13.1 Å². The maximum atomic E-state index is 5.91. The third-order valence-electron chi connectivity index (χ3n) is 3.49. The van der Waals surface area contributed by atoms with Crippen LogP contribution in [0.1, 0.15) is 12.8 Å². The van der Waals surface area contributed by atoms with Gasteiger partial charge < -0.3 is 14.4 Å². The Morgan fingerprint density at radius 3 is 3.06 bits per heavy atom. The van der Waals surface area contributed by atoms with E-state index in [9.17, 15) is 0 Å². The third kappa shape index (κ3) is 2.28. The smallest absolute Gasteiger partial charge is 0.213 e. The van der Waals surface area contributed by atoms with Crippen molar-refractivity contribution in [2.75, 3.05) is 26.7 Å². The van der Waals surface area contributed by atoms with Gasteiger partial charge in [-0.15, -0.1) is 0 Å². The number of aromatic nitrogens is 1. The lowest BCUT2D eigenvalue weighted by Crippen LogP contribution is -2.64. The van der Waals surface area contributed by atoms with Gasteiger partial charge in [0.15, 0.2) is 0 Å². The number of hydrogen-bond donors (Lipinski definition) is 0. The number of likely N-dealkylation sites (N-methyl/N-ethyl adjacent to an activating group) is 1. The van der Waals surface area contributed by atoms with Crippen LogP contribution < -0.4 is 4.74 Å². The summed E-state index contributed by atoms with van der Waals surface area (Å²) < 4.78 is 11.8. The maximum Gasteiger partial charge on any atom is 0.213 e. The molecule has 0 aliphatic carbocycles. The zero-order valence-corrected chi connectivity index (χ0v) is 10.1. The van der Waals surface area contributed by atoms with Gasteiger partial charge in [0.2, 0.25) is 5.88 Å². The molecule has 0 aromatic carbocycles. The lowest BCUT2D eigenvalue weighted by molar-refractivity contribution is -0.179. The molecule has 0 unspecified atom stereocenters. The first-order valence-electron chi connectivity index (χ1n) is 6.16. The molecule has 2 saturated heterocycles. The first kappa shape index (κ1) is 11.0. The average Bonchev–Trinajstić information content (AvgIpc) is 2.29. The van der Waals surface area contributed by atoms with E-state index < -0.39 is 0 Å². The van der Waals surface area contributed by atoms with E-state index >= 15 is 0 Å². The van der Waals surface area contributed by atoms with Crippen LogP contribution in [0.3, 0.4) is 0 Å². The standard InChI is InChI=1S/C13H18N2O2/c1-15-9-13(10-15)8-11(5-7-16-13)17-12-4-2-3-6-14-12/h2-4,6,11H,5,7-10H2,1H3/t11-/m0/s1. The van der Waals surface area contributed by atoms with Crippen molar-refractivity contribution in [3.63, 3.8) is 0 Å². The highest BCUT2D eigenvalue weighted by molar-refractivity contribution is 5.10. The number of nitrogens with zero attached hydrogens (tertiary/aromatic N) is 2. The summed E-state index contributed by atoms with van der Waals surface area (Å²) in [7, 11) is 2.12. The molecule has 92 valence electrons. The van der Waals surface area contributed by atoms with Gasteiger partial charge in [-0.1, -0.05) is 6.07 Å². The lowest BCUT2D eigenvalue weighted by atomic mass is 9.85. The van der Waals surface area contributed by atoms with Crippen molar-refractivity contribution < 1.29 is 9.47 Å². The molecule has 0 bridgehead atoms. The molecule has 3 rings (SSSR count). The van der Waals surface area contributed by atoms with Crippen molar-refractivity contribution in [1.29, 1.82) is 0 Å². The van der Waals surface area contributed by atoms with Crippen molar-refractivity contribution >= 4 is 0 Å². The second-order valence-electron chi connectivity index (χ2n) is 5.10. The predicted molar refractivity (Wildman–Crippen MR) is 64.1 cm³/mol. The van der Waals surface area contributed by atoms with Gasteiger partial charge >= 0.3 is 0 Å². The van der Waals surface area contributed by atoms with Crippen molar-refractivity contribution in [3.05, 3.63) is 24.4 Å². The summed E-state index contributed by atoms with van der Waals surface area (Å²) in [6.45, 7) is 2.84. The first-order valence-corrected chi connectivity index (χ1v) is 6.16. The number of pyridine rings is 1. The molecule has 1 spiro atoms. The molecule has 2 fully saturated rings. The highest BCUT2D eigenvalue weighted by Gasteiger charge is 2.46. The van der Waals surface area contributed by atoms with E-state index in [0.29, 0.717) is 0 Å². The Bertz CT molecular complexity index is 371. The van der Waals surface area contributed by atoms with E-state index in [0.717, 1.165) is 38.4 Å². The molecule has 0 saturated carbocycles. The van der Waals surface area contributed by atoms with E-state index in [4.69, 9.17) is 9.47 Å². The van der Waals surface area contributed by atoms with E-state index in [1.807, 2.05) is 18.2 Å². The fraction of sp³-hybridized carbons (Fsp3) is 0.615. The zero-order valence-electron chi connectivity index (χ0n) is 10.1. The average molecular weight is 234 g/mol. The van der Waals surface area contributed by atoms with Crippen LogP contribution in [0.2, 0.25) is 0 Å². The monoisotopic (exact) mass is 234 g/mol. The number of likely N-dealkylation sites (tertiary alicyclic amines) is 1. The largest absolute Gasteiger partial charge is 0.474 e. The molecule has 4 nitrogen and oxygen atoms in total. The highest BCUT2D eigenvalue weighted by atomic mass is 16.5. The van der Waals surface area contributed by atoms with Crippen LogP contribution in [0.4, 0.5) is 0 Å². The minimum absolute atomic E-state index is 0.0481. The topological polar surface area (TPSA) is 34.6 Å². The van der Waals surface area contributed by atoms with E-state index in [2.05, 4.69) is 16.9 Å². The highest BCUT2D eigenvalue weighted by Crippen LogP contribution is 2.34. The van der Waals surface area contributed by atoms with Crippen molar-refractivity contribution in [2.45, 2.75) is 24.5 Å². The maximum absolute atomic E-state index is 5.91. The van der Waals surface area contributed by atoms with E-state index in [1.165, 1.54) is 0 Å². The molecular weight excluding hydrogens is 216 g/mol. The van der Waals surface area contributed by atoms with Crippen LogP contribution in [0, 0.1) is 0 Å². The van der Waals surface area contributed by atoms with Gasteiger partial charge in [0.25, 0.3) is 0 Å². The molecule has 3 heterocycles. The minimum Gasteiger partial charge on any atom is -0.474 e. The van der Waals surface area contributed by atoms with Gasteiger partial charge in [0.1, 0.15) is 6.10 Å². The Labute approximate surface area is 102 Å². The number of rotatable bonds is 2. The van der Waals surface area contributed by atoms with Crippen LogP contribution >= 0.6 is 0 Å². The predicted octanol–water partition coefficient (Wildman–Crippen LogP) is 1.32. The Kier molecular flexibility index (Phi) is 2.76. The molecule has 0 radical (unpaired) electrons. The van der Waals surface area contributed by atoms with Crippen LogP contribution in [-0.2, 0) is 4.74 Å². The van der Waals surface area contributed by atoms with E-state index in [1.54, 1.807) is 6.20 Å². The lowest BCUT2D eigenvalue weighted by Gasteiger charge is -2.51. The van der Waals surface area contributed by atoms with Crippen LogP contribution in [0.15, 0.2) is 24.4 Å². The SMILES string of the molecule is CN1CC2(C[C@@H](Oc3ccccn3)CCO2)C1. The quantitative estimate of drug-likeness (QED) is 0.773. The fourth-order valence-electron chi connectivity index (χ4n) is 2.83. The summed E-state index contributed by atoms with van der Waals surface area (Å²) in [5.41, 5.74) is 0.0481. The molecule has 2 aliphatic heterocycles. The Morgan fingerprint density at radius 2 is 2.35 bits per heavy atom. The molecule has 1 aromatic rings. The van der Waals surface area contributed by atoms with Gasteiger partial charge in [-0.25, -0.2) is 4.98 Å². The summed E-state index contributed by atoms with van der Waals surface area (Å²) >= 11 is 0. The molecule has 2 aliphatic rings. The molecule has 1 aromatic heterocycles. The first-order chi connectivity index (χ1) is 8.26. The van der Waals surface area contributed by atoms with Crippen LogP contribution in [-0.4, -0.2) is 48.3 Å². The molecule has 0 amide bonds. The van der Waals surface area contributed by atoms with E-state index in [-0.39, 0.29) is 11.7 Å². The molecule has 0 N–H and O–H groups in total. The summed E-state index contributed by atoms with van der Waals surface area (Å²) in [5.74, 6) is 0.724. The van der Waals surface area contributed by atoms with Gasteiger partial charge in [-0.2, -0.15) is 0 Å². The zero-order chi connectivity index (χ0) is 11.7. The Morgan fingerprint density at radius 1 is 1.47 bits per heavy atom. The Balaban J connectivity index is 1.61. The molecule has 17 heavy (non-hydrogen) atoms. The Hall–Kier alpha value is -1.13. The summed E-state index contributed by atoms with van der Waals surface area (Å²) in [5, 5.41) is 0.